The number of aromatic nitrogens is 2. The zero-order valence-electron chi connectivity index (χ0n) is 31.9. The van der Waals surface area contributed by atoms with E-state index in [1.807, 2.05) is 30.6 Å². The Hall–Kier alpha value is -6.32. The lowest BCUT2D eigenvalue weighted by Crippen LogP contribution is -2.14. The van der Waals surface area contributed by atoms with Crippen LogP contribution in [0.25, 0.3) is 33.2 Å². The Labute approximate surface area is 319 Å². The fourth-order valence-corrected chi connectivity index (χ4v) is 8.53. The fourth-order valence-electron chi connectivity index (χ4n) is 8.53. The summed E-state index contributed by atoms with van der Waals surface area (Å²) in [5.74, 6) is 0.834. The van der Waals surface area contributed by atoms with Crippen LogP contribution in [-0.4, -0.2) is 9.97 Å². The zero-order valence-corrected chi connectivity index (χ0v) is 31.9. The Bertz CT molecular complexity index is 2490. The molecule has 0 aliphatic carbocycles. The van der Waals surface area contributed by atoms with Crippen molar-refractivity contribution in [2.24, 2.45) is 0 Å². The lowest BCUT2D eigenvalue weighted by Gasteiger charge is -2.29. The molecule has 0 saturated heterocycles. The molecule has 0 radical (unpaired) electrons. The van der Waals surface area contributed by atoms with Crippen molar-refractivity contribution < 1.29 is 0 Å². The van der Waals surface area contributed by atoms with Gasteiger partial charge in [-0.15, -0.1) is 0 Å². The van der Waals surface area contributed by atoms with Crippen LogP contribution in [-0.2, 0) is 0 Å². The topological polar surface area (TPSA) is 29.0 Å². The lowest BCUT2D eigenvalue weighted by atomic mass is 9.77. The summed E-state index contributed by atoms with van der Waals surface area (Å²) in [5.41, 5.74) is 18.1. The molecule has 0 unspecified atom stereocenters. The minimum absolute atomic E-state index is 0.0826. The quantitative estimate of drug-likeness (QED) is 0.148. The summed E-state index contributed by atoms with van der Waals surface area (Å²) in [7, 11) is 0. The van der Waals surface area contributed by atoms with Crippen molar-refractivity contribution >= 4 is 28.0 Å². The van der Waals surface area contributed by atoms with Gasteiger partial charge in [0.05, 0.1) is 23.8 Å². The second-order valence-electron chi connectivity index (χ2n) is 14.7. The van der Waals surface area contributed by atoms with Gasteiger partial charge in [0.25, 0.3) is 0 Å². The SMILES string of the molecule is Cc1cc(C)c(C(c2ccc(N(c3cnc(-c4ccccc4)cn3)c3ccc4ccccc4c3-c3ccccc3)cc2)c2c(C)cc(C)cc2C)c(C)c1. The lowest BCUT2D eigenvalue weighted by molar-refractivity contribution is 0.919. The van der Waals surface area contributed by atoms with Gasteiger partial charge in [0.15, 0.2) is 5.82 Å². The molecule has 54 heavy (non-hydrogen) atoms. The predicted molar refractivity (Wildman–Crippen MR) is 227 cm³/mol. The van der Waals surface area contributed by atoms with Gasteiger partial charge in [-0.3, -0.25) is 9.88 Å². The number of fused-ring (bicyclic) bond motifs is 1. The van der Waals surface area contributed by atoms with E-state index in [2.05, 4.69) is 174 Å². The second-order valence-corrected chi connectivity index (χ2v) is 14.7. The van der Waals surface area contributed by atoms with E-state index in [4.69, 9.17) is 9.97 Å². The summed E-state index contributed by atoms with van der Waals surface area (Å²) in [4.78, 5) is 12.3. The third-order valence-electron chi connectivity index (χ3n) is 10.7. The highest BCUT2D eigenvalue weighted by molar-refractivity contribution is 6.05. The third kappa shape index (κ3) is 6.58. The summed E-state index contributed by atoms with van der Waals surface area (Å²) in [6.45, 7) is 13.4. The van der Waals surface area contributed by atoms with Gasteiger partial charge in [-0.05, 0) is 115 Å². The van der Waals surface area contributed by atoms with Gasteiger partial charge in [-0.25, -0.2) is 4.98 Å². The number of hydrogen-bond donors (Lipinski definition) is 0. The summed E-state index contributed by atoms with van der Waals surface area (Å²) in [6, 6.07) is 52.5. The average molecular weight is 700 g/mol. The van der Waals surface area contributed by atoms with E-state index in [1.54, 1.807) is 0 Å². The number of hydrogen-bond acceptors (Lipinski definition) is 3. The molecule has 1 heterocycles. The molecule has 1 aromatic heterocycles. The molecule has 3 heteroatoms. The van der Waals surface area contributed by atoms with Gasteiger partial charge < -0.3 is 0 Å². The van der Waals surface area contributed by atoms with Gasteiger partial charge in [0, 0.05) is 22.7 Å². The Morgan fingerprint density at radius 3 is 1.57 bits per heavy atom. The van der Waals surface area contributed by atoms with Gasteiger partial charge in [-0.1, -0.05) is 139 Å². The molecule has 0 N–H and O–H groups in total. The molecule has 8 rings (SSSR count). The van der Waals surface area contributed by atoms with Crippen LogP contribution in [0.15, 0.2) is 158 Å². The molecule has 8 aromatic rings. The summed E-state index contributed by atoms with van der Waals surface area (Å²) in [5, 5.41) is 2.38. The van der Waals surface area contributed by atoms with E-state index in [9.17, 15) is 0 Å². The summed E-state index contributed by atoms with van der Waals surface area (Å²) >= 11 is 0. The van der Waals surface area contributed by atoms with E-state index in [1.165, 1.54) is 60.8 Å². The number of benzene rings is 7. The molecule has 0 fully saturated rings. The first-order valence-corrected chi connectivity index (χ1v) is 18.8. The van der Waals surface area contributed by atoms with E-state index in [-0.39, 0.29) is 5.92 Å². The van der Waals surface area contributed by atoms with Crippen molar-refractivity contribution in [3.63, 3.8) is 0 Å². The molecule has 0 aliphatic rings. The number of nitrogens with zero attached hydrogens (tertiary/aromatic N) is 3. The van der Waals surface area contributed by atoms with Gasteiger partial charge in [0.1, 0.15) is 0 Å². The van der Waals surface area contributed by atoms with Crippen molar-refractivity contribution in [3.8, 4) is 22.4 Å². The van der Waals surface area contributed by atoms with Crippen LogP contribution < -0.4 is 4.90 Å². The number of anilines is 3. The van der Waals surface area contributed by atoms with Crippen molar-refractivity contribution in [1.29, 1.82) is 0 Å². The Balaban J connectivity index is 1.33. The largest absolute Gasteiger partial charge is 0.293 e. The highest BCUT2D eigenvalue weighted by atomic mass is 15.2. The molecule has 0 saturated carbocycles. The first kappa shape index (κ1) is 34.7. The molecule has 0 atom stereocenters. The number of rotatable bonds is 8. The molecular weight excluding hydrogens is 655 g/mol. The van der Waals surface area contributed by atoms with Crippen LogP contribution >= 0.6 is 0 Å². The van der Waals surface area contributed by atoms with E-state index < -0.39 is 0 Å². The standard InChI is InChI=1S/C51H45N3/c1-33-27-35(3)48(36(4)28-33)51(49-37(5)29-34(2)30-38(49)6)42-21-24-43(25-22-42)54(47-32-52-45(31-53-47)40-16-9-7-10-17-40)46-26-23-39-15-13-14-20-44(39)50(46)41-18-11-8-12-19-41/h7-32,51H,1-6H3. The Morgan fingerprint density at radius 1 is 0.481 bits per heavy atom. The zero-order chi connectivity index (χ0) is 37.3. The highest BCUT2D eigenvalue weighted by Crippen LogP contribution is 2.45. The maximum absolute atomic E-state index is 5.10. The van der Waals surface area contributed by atoms with Crippen LogP contribution in [0.4, 0.5) is 17.2 Å². The first-order chi connectivity index (χ1) is 26.3. The van der Waals surface area contributed by atoms with E-state index >= 15 is 0 Å². The monoisotopic (exact) mass is 699 g/mol. The van der Waals surface area contributed by atoms with Crippen LogP contribution in [0.1, 0.15) is 56.0 Å². The highest BCUT2D eigenvalue weighted by Gasteiger charge is 2.26. The van der Waals surface area contributed by atoms with Crippen LogP contribution in [0.3, 0.4) is 0 Å². The molecule has 0 spiro atoms. The van der Waals surface area contributed by atoms with Crippen LogP contribution in [0.2, 0.25) is 0 Å². The predicted octanol–water partition coefficient (Wildman–Crippen LogP) is 13.5. The normalized spacial score (nSPS) is 11.3. The molecule has 7 aromatic carbocycles. The maximum Gasteiger partial charge on any atom is 0.156 e. The molecule has 264 valence electrons. The maximum atomic E-state index is 5.10. The first-order valence-electron chi connectivity index (χ1n) is 18.8. The minimum atomic E-state index is 0.0826. The summed E-state index contributed by atoms with van der Waals surface area (Å²) in [6.07, 6.45) is 3.79. The van der Waals surface area contributed by atoms with Gasteiger partial charge in [-0.2, -0.15) is 0 Å². The van der Waals surface area contributed by atoms with E-state index in [0.717, 1.165) is 39.6 Å². The fraction of sp³-hybridized carbons (Fsp3) is 0.137. The van der Waals surface area contributed by atoms with Crippen molar-refractivity contribution in [1.82, 2.24) is 9.97 Å². The van der Waals surface area contributed by atoms with Gasteiger partial charge in [0.2, 0.25) is 0 Å². The average Bonchev–Trinajstić information content (AvgIpc) is 3.18. The summed E-state index contributed by atoms with van der Waals surface area (Å²) < 4.78 is 0. The van der Waals surface area contributed by atoms with Crippen molar-refractivity contribution in [2.75, 3.05) is 4.90 Å². The molecule has 0 amide bonds. The van der Waals surface area contributed by atoms with Crippen LogP contribution in [0, 0.1) is 41.5 Å². The van der Waals surface area contributed by atoms with E-state index in [0.29, 0.717) is 0 Å². The molecule has 3 nitrogen and oxygen atoms in total. The second kappa shape index (κ2) is 14.6. The minimum Gasteiger partial charge on any atom is -0.293 e. The smallest absolute Gasteiger partial charge is 0.156 e. The molecule has 0 bridgehead atoms. The van der Waals surface area contributed by atoms with Gasteiger partial charge >= 0.3 is 0 Å². The molecular formula is C51H45N3. The number of aryl methyl sites for hydroxylation is 6. The van der Waals surface area contributed by atoms with Crippen molar-refractivity contribution in [3.05, 3.63) is 208 Å². The Morgan fingerprint density at radius 2 is 1.02 bits per heavy atom. The Kier molecular flexibility index (Phi) is 9.40. The third-order valence-corrected chi connectivity index (χ3v) is 10.7. The van der Waals surface area contributed by atoms with Crippen LogP contribution in [0.5, 0.6) is 0 Å². The molecule has 0 aliphatic heterocycles. The van der Waals surface area contributed by atoms with Crippen molar-refractivity contribution in [2.45, 2.75) is 47.5 Å².